The highest BCUT2D eigenvalue weighted by Gasteiger charge is 2.11. The van der Waals surface area contributed by atoms with Gasteiger partial charge in [-0.3, -0.25) is 9.69 Å². The topological polar surface area (TPSA) is 55.6 Å². The van der Waals surface area contributed by atoms with E-state index in [-0.39, 0.29) is 0 Å². The largest absolute Gasteiger partial charge is 0.383 e. The number of hydrogen-bond donors (Lipinski definition) is 1. The van der Waals surface area contributed by atoms with Gasteiger partial charge in [0.25, 0.3) is 0 Å². The lowest BCUT2D eigenvalue weighted by Crippen LogP contribution is -2.23. The molecule has 18 heavy (non-hydrogen) atoms. The van der Waals surface area contributed by atoms with Gasteiger partial charge in [0.05, 0.1) is 6.61 Å². The molecule has 2 N–H and O–H groups in total. The molecule has 1 aromatic rings. The maximum Gasteiger partial charge on any atom is 0.248 e. The molecular weight excluding hydrogens is 252 g/mol. The number of methoxy groups -OCH3 is 1. The van der Waals surface area contributed by atoms with E-state index in [1.807, 2.05) is 14.0 Å². The third-order valence-electron chi connectivity index (χ3n) is 2.78. The first kappa shape index (κ1) is 15.0. The van der Waals surface area contributed by atoms with Crippen LogP contribution in [0.1, 0.15) is 21.5 Å². The molecule has 5 heteroatoms. The molecule has 0 aromatic heterocycles. The van der Waals surface area contributed by atoms with Gasteiger partial charge in [-0.25, -0.2) is 0 Å². The van der Waals surface area contributed by atoms with Crippen molar-refractivity contribution >= 4 is 17.5 Å². The van der Waals surface area contributed by atoms with Crippen molar-refractivity contribution in [1.82, 2.24) is 4.90 Å². The van der Waals surface area contributed by atoms with E-state index in [9.17, 15) is 4.79 Å². The summed E-state index contributed by atoms with van der Waals surface area (Å²) < 4.78 is 5.01. The van der Waals surface area contributed by atoms with Crippen molar-refractivity contribution in [2.75, 3.05) is 27.3 Å². The minimum Gasteiger partial charge on any atom is -0.383 e. The Kier molecular flexibility index (Phi) is 5.59. The van der Waals surface area contributed by atoms with E-state index in [2.05, 4.69) is 4.90 Å². The van der Waals surface area contributed by atoms with Crippen LogP contribution in [0.3, 0.4) is 0 Å². The summed E-state index contributed by atoms with van der Waals surface area (Å²) in [4.78, 5) is 13.4. The van der Waals surface area contributed by atoms with E-state index >= 15 is 0 Å². The molecule has 0 aliphatic rings. The van der Waals surface area contributed by atoms with Gasteiger partial charge in [-0.2, -0.15) is 0 Å². The first-order valence-electron chi connectivity index (χ1n) is 5.72. The molecule has 1 aromatic carbocycles. The van der Waals surface area contributed by atoms with Crippen LogP contribution in [0.4, 0.5) is 0 Å². The molecule has 0 unspecified atom stereocenters. The van der Waals surface area contributed by atoms with Crippen molar-refractivity contribution in [3.8, 4) is 0 Å². The Morgan fingerprint density at radius 2 is 2.17 bits per heavy atom. The number of aryl methyl sites for hydroxylation is 1. The highest BCUT2D eigenvalue weighted by molar-refractivity contribution is 6.31. The fourth-order valence-electron chi connectivity index (χ4n) is 1.72. The summed E-state index contributed by atoms with van der Waals surface area (Å²) in [6.07, 6.45) is 0. The first-order valence-corrected chi connectivity index (χ1v) is 6.09. The second-order valence-corrected chi connectivity index (χ2v) is 4.76. The molecule has 0 saturated carbocycles. The second kappa shape index (κ2) is 6.73. The van der Waals surface area contributed by atoms with Gasteiger partial charge in [0, 0.05) is 30.8 Å². The van der Waals surface area contributed by atoms with Crippen LogP contribution >= 0.6 is 11.6 Å². The van der Waals surface area contributed by atoms with E-state index in [0.717, 1.165) is 17.7 Å². The molecule has 0 heterocycles. The van der Waals surface area contributed by atoms with Crippen LogP contribution < -0.4 is 5.73 Å². The smallest absolute Gasteiger partial charge is 0.248 e. The predicted molar refractivity (Wildman–Crippen MR) is 72.9 cm³/mol. The van der Waals surface area contributed by atoms with Gasteiger partial charge in [-0.15, -0.1) is 0 Å². The van der Waals surface area contributed by atoms with Crippen LogP contribution in [0, 0.1) is 6.92 Å². The monoisotopic (exact) mass is 270 g/mol. The average Bonchev–Trinajstić information content (AvgIpc) is 2.29. The Bertz CT molecular complexity index is 435. The normalized spacial score (nSPS) is 10.9. The molecule has 4 nitrogen and oxygen atoms in total. The number of amides is 1. The summed E-state index contributed by atoms with van der Waals surface area (Å²) in [6.45, 7) is 3.93. The zero-order valence-corrected chi connectivity index (χ0v) is 11.8. The van der Waals surface area contributed by atoms with Crippen molar-refractivity contribution in [3.05, 3.63) is 33.8 Å². The highest BCUT2D eigenvalue weighted by atomic mass is 35.5. The molecule has 0 aliphatic carbocycles. The molecular formula is C13H19ClN2O2. The van der Waals surface area contributed by atoms with Gasteiger partial charge in [0.1, 0.15) is 0 Å². The number of carbonyl (C=O) groups is 1. The van der Waals surface area contributed by atoms with Crippen molar-refractivity contribution in [3.63, 3.8) is 0 Å². The van der Waals surface area contributed by atoms with Crippen LogP contribution in [0.2, 0.25) is 5.02 Å². The molecule has 0 fully saturated rings. The minimum absolute atomic E-state index is 0.426. The molecule has 100 valence electrons. The number of primary amides is 1. The fraction of sp³-hybridized carbons (Fsp3) is 0.462. The van der Waals surface area contributed by atoms with E-state index in [1.165, 1.54) is 0 Å². The Balaban J connectivity index is 2.88. The summed E-state index contributed by atoms with van der Waals surface area (Å²) >= 11 is 6.17. The zero-order valence-electron chi connectivity index (χ0n) is 11.0. The van der Waals surface area contributed by atoms with E-state index in [1.54, 1.807) is 19.2 Å². The zero-order chi connectivity index (χ0) is 13.7. The lowest BCUT2D eigenvalue weighted by Gasteiger charge is -2.18. The lowest BCUT2D eigenvalue weighted by molar-refractivity contribution is 0.0999. The number of rotatable bonds is 6. The SMILES string of the molecule is COCCN(C)Cc1cc(C(N)=O)c(C)cc1Cl. The molecule has 1 amide bonds. The maximum atomic E-state index is 11.3. The minimum atomic E-state index is -0.426. The quantitative estimate of drug-likeness (QED) is 0.858. The van der Waals surface area contributed by atoms with E-state index in [0.29, 0.717) is 23.7 Å². The summed E-state index contributed by atoms with van der Waals surface area (Å²) in [5, 5.41) is 0.654. The Labute approximate surface area is 113 Å². The van der Waals surface area contributed by atoms with Crippen LogP contribution in [0.5, 0.6) is 0 Å². The number of halogens is 1. The molecule has 0 atom stereocenters. The number of likely N-dealkylation sites (N-methyl/N-ethyl adjacent to an activating group) is 1. The van der Waals surface area contributed by atoms with Gasteiger partial charge in [0.15, 0.2) is 0 Å². The maximum absolute atomic E-state index is 11.3. The van der Waals surface area contributed by atoms with Crippen molar-refractivity contribution in [1.29, 1.82) is 0 Å². The van der Waals surface area contributed by atoms with Gasteiger partial charge in [-0.1, -0.05) is 11.6 Å². The number of hydrogen-bond acceptors (Lipinski definition) is 3. The van der Waals surface area contributed by atoms with Crippen molar-refractivity contribution in [2.24, 2.45) is 5.73 Å². The van der Waals surface area contributed by atoms with Gasteiger partial charge in [-0.05, 0) is 37.2 Å². The number of benzene rings is 1. The Morgan fingerprint density at radius 3 is 2.72 bits per heavy atom. The second-order valence-electron chi connectivity index (χ2n) is 4.35. The Hall–Kier alpha value is -1.10. The van der Waals surface area contributed by atoms with E-state index in [4.69, 9.17) is 22.1 Å². The summed E-state index contributed by atoms with van der Waals surface area (Å²) in [7, 11) is 3.64. The molecule has 0 bridgehead atoms. The van der Waals surface area contributed by atoms with Crippen LogP contribution in [0.15, 0.2) is 12.1 Å². The average molecular weight is 271 g/mol. The number of nitrogens with zero attached hydrogens (tertiary/aromatic N) is 1. The lowest BCUT2D eigenvalue weighted by atomic mass is 10.0. The number of ether oxygens (including phenoxy) is 1. The molecule has 1 rings (SSSR count). The summed E-state index contributed by atoms with van der Waals surface area (Å²) in [6, 6.07) is 3.55. The van der Waals surface area contributed by atoms with Crippen molar-refractivity contribution < 1.29 is 9.53 Å². The standard InChI is InChI=1S/C13H19ClN2O2/c1-9-6-12(14)10(7-11(9)13(15)17)8-16(2)4-5-18-3/h6-7H,4-5,8H2,1-3H3,(H2,15,17). The van der Waals surface area contributed by atoms with Crippen LogP contribution in [0.25, 0.3) is 0 Å². The predicted octanol–water partition coefficient (Wildman–Crippen LogP) is 1.83. The molecule has 0 aliphatic heterocycles. The van der Waals surface area contributed by atoms with Gasteiger partial charge >= 0.3 is 0 Å². The van der Waals surface area contributed by atoms with Crippen LogP contribution in [-0.4, -0.2) is 38.1 Å². The summed E-state index contributed by atoms with van der Waals surface area (Å²) in [5.74, 6) is -0.426. The molecule has 0 radical (unpaired) electrons. The highest BCUT2D eigenvalue weighted by Crippen LogP contribution is 2.22. The summed E-state index contributed by atoms with van der Waals surface area (Å²) in [5.41, 5.74) is 7.55. The van der Waals surface area contributed by atoms with Gasteiger partial charge < -0.3 is 10.5 Å². The van der Waals surface area contributed by atoms with Crippen LogP contribution in [-0.2, 0) is 11.3 Å². The fourth-order valence-corrected chi connectivity index (χ4v) is 2.00. The number of carbonyl (C=O) groups excluding carboxylic acids is 1. The third-order valence-corrected chi connectivity index (χ3v) is 3.13. The van der Waals surface area contributed by atoms with Gasteiger partial charge in [0.2, 0.25) is 5.91 Å². The molecule has 0 saturated heterocycles. The van der Waals surface area contributed by atoms with Crippen molar-refractivity contribution in [2.45, 2.75) is 13.5 Å². The van der Waals surface area contributed by atoms with E-state index < -0.39 is 5.91 Å². The Morgan fingerprint density at radius 1 is 1.50 bits per heavy atom. The third kappa shape index (κ3) is 3.98. The number of nitrogens with two attached hydrogens (primary N) is 1. The first-order chi connectivity index (χ1) is 8.45. The molecule has 0 spiro atoms.